The van der Waals surface area contributed by atoms with Crippen molar-refractivity contribution in [3.63, 3.8) is 0 Å². The number of thiazole rings is 1. The van der Waals surface area contributed by atoms with E-state index in [4.69, 9.17) is 0 Å². The second-order valence-electron chi connectivity index (χ2n) is 5.83. The molecule has 0 aliphatic heterocycles. The van der Waals surface area contributed by atoms with E-state index in [2.05, 4.69) is 24.2 Å². The SMILES string of the molecule is Cc1csc(CC(O)C2CC(C)CC(C)C2)n1. The molecule has 1 aromatic rings. The molecular weight excluding hydrogens is 230 g/mol. The first-order valence-corrected chi connectivity index (χ1v) is 7.51. The van der Waals surface area contributed by atoms with Crippen molar-refractivity contribution >= 4 is 11.3 Å². The predicted octanol–water partition coefficient (Wildman–Crippen LogP) is 3.43. The fourth-order valence-electron chi connectivity index (χ4n) is 3.17. The van der Waals surface area contributed by atoms with Crippen molar-refractivity contribution in [3.8, 4) is 0 Å². The Morgan fingerprint density at radius 3 is 2.53 bits per heavy atom. The van der Waals surface area contributed by atoms with Crippen LogP contribution in [-0.2, 0) is 6.42 Å². The van der Waals surface area contributed by atoms with Gasteiger partial charge in [-0.1, -0.05) is 13.8 Å². The van der Waals surface area contributed by atoms with Crippen molar-refractivity contribution in [1.82, 2.24) is 4.98 Å². The molecule has 1 aromatic heterocycles. The summed E-state index contributed by atoms with van der Waals surface area (Å²) in [5.41, 5.74) is 1.07. The van der Waals surface area contributed by atoms with Crippen LogP contribution in [0.15, 0.2) is 5.38 Å². The minimum atomic E-state index is -0.203. The molecule has 96 valence electrons. The fourth-order valence-corrected chi connectivity index (χ4v) is 3.99. The number of rotatable bonds is 3. The van der Waals surface area contributed by atoms with E-state index in [0.29, 0.717) is 5.92 Å². The Morgan fingerprint density at radius 2 is 2.00 bits per heavy atom. The van der Waals surface area contributed by atoms with Gasteiger partial charge < -0.3 is 5.11 Å². The lowest BCUT2D eigenvalue weighted by molar-refractivity contribution is 0.0561. The highest BCUT2D eigenvalue weighted by atomic mass is 32.1. The summed E-state index contributed by atoms with van der Waals surface area (Å²) in [6.07, 6.45) is 4.21. The Morgan fingerprint density at radius 1 is 1.35 bits per heavy atom. The van der Waals surface area contributed by atoms with Crippen LogP contribution in [-0.4, -0.2) is 16.2 Å². The molecule has 17 heavy (non-hydrogen) atoms. The van der Waals surface area contributed by atoms with E-state index in [1.807, 2.05) is 6.92 Å². The van der Waals surface area contributed by atoms with Crippen LogP contribution in [0.3, 0.4) is 0 Å². The summed E-state index contributed by atoms with van der Waals surface area (Å²) in [4.78, 5) is 4.44. The Hall–Kier alpha value is -0.410. The Labute approximate surface area is 108 Å². The minimum absolute atomic E-state index is 0.203. The maximum Gasteiger partial charge on any atom is 0.0954 e. The lowest BCUT2D eigenvalue weighted by Crippen LogP contribution is -2.30. The molecule has 3 unspecified atom stereocenters. The average Bonchev–Trinajstić information content (AvgIpc) is 2.62. The van der Waals surface area contributed by atoms with Gasteiger partial charge >= 0.3 is 0 Å². The topological polar surface area (TPSA) is 33.1 Å². The third-order valence-corrected chi connectivity index (χ3v) is 4.80. The number of aromatic nitrogens is 1. The van der Waals surface area contributed by atoms with Gasteiger partial charge in [0.2, 0.25) is 0 Å². The molecule has 1 heterocycles. The third kappa shape index (κ3) is 3.52. The van der Waals surface area contributed by atoms with E-state index in [9.17, 15) is 5.11 Å². The molecule has 1 N–H and O–H groups in total. The van der Waals surface area contributed by atoms with Gasteiger partial charge in [0.25, 0.3) is 0 Å². The first-order valence-electron chi connectivity index (χ1n) is 6.63. The second-order valence-corrected chi connectivity index (χ2v) is 6.77. The molecule has 3 atom stereocenters. The number of aliphatic hydroxyl groups is 1. The van der Waals surface area contributed by atoms with Gasteiger partial charge in [0.15, 0.2) is 0 Å². The Bertz CT molecular complexity index is 353. The first-order chi connectivity index (χ1) is 8.04. The van der Waals surface area contributed by atoms with Crippen LogP contribution in [0.5, 0.6) is 0 Å². The van der Waals surface area contributed by atoms with Gasteiger partial charge in [-0.25, -0.2) is 4.98 Å². The van der Waals surface area contributed by atoms with E-state index in [-0.39, 0.29) is 6.10 Å². The molecule has 0 aromatic carbocycles. The van der Waals surface area contributed by atoms with Gasteiger partial charge in [-0.15, -0.1) is 11.3 Å². The van der Waals surface area contributed by atoms with Crippen molar-refractivity contribution in [2.24, 2.45) is 17.8 Å². The number of aryl methyl sites for hydroxylation is 1. The van der Waals surface area contributed by atoms with Crippen LogP contribution in [0.4, 0.5) is 0 Å². The number of hydrogen-bond acceptors (Lipinski definition) is 3. The first kappa shape index (κ1) is 13.0. The van der Waals surface area contributed by atoms with Crippen molar-refractivity contribution < 1.29 is 5.11 Å². The van der Waals surface area contributed by atoms with Crippen LogP contribution < -0.4 is 0 Å². The zero-order valence-electron chi connectivity index (χ0n) is 11.0. The van der Waals surface area contributed by atoms with Crippen LogP contribution >= 0.6 is 11.3 Å². The highest BCUT2D eigenvalue weighted by molar-refractivity contribution is 7.09. The molecule has 0 radical (unpaired) electrons. The normalized spacial score (nSPS) is 31.4. The second kappa shape index (κ2) is 5.49. The summed E-state index contributed by atoms with van der Waals surface area (Å²) in [5, 5.41) is 13.5. The number of aliphatic hydroxyl groups excluding tert-OH is 1. The van der Waals surface area contributed by atoms with E-state index >= 15 is 0 Å². The van der Waals surface area contributed by atoms with Crippen LogP contribution in [0.2, 0.25) is 0 Å². The van der Waals surface area contributed by atoms with Gasteiger partial charge in [-0.05, 0) is 43.9 Å². The summed E-state index contributed by atoms with van der Waals surface area (Å²) in [6, 6.07) is 0. The molecule has 0 bridgehead atoms. The predicted molar refractivity (Wildman–Crippen MR) is 72.2 cm³/mol. The Balaban J connectivity index is 1.93. The quantitative estimate of drug-likeness (QED) is 0.895. The molecule has 0 amide bonds. The maximum absolute atomic E-state index is 10.3. The summed E-state index contributed by atoms with van der Waals surface area (Å²) in [5.74, 6) is 1.99. The molecule has 2 nitrogen and oxygen atoms in total. The molecule has 0 saturated heterocycles. The highest BCUT2D eigenvalue weighted by Gasteiger charge is 2.29. The van der Waals surface area contributed by atoms with Crippen molar-refractivity contribution in [1.29, 1.82) is 0 Å². The lowest BCUT2D eigenvalue weighted by atomic mass is 9.74. The lowest BCUT2D eigenvalue weighted by Gasteiger charge is -2.34. The van der Waals surface area contributed by atoms with Gasteiger partial charge in [0.1, 0.15) is 0 Å². The van der Waals surface area contributed by atoms with Gasteiger partial charge in [0.05, 0.1) is 11.1 Å². The smallest absolute Gasteiger partial charge is 0.0954 e. The fraction of sp³-hybridized carbons (Fsp3) is 0.786. The highest BCUT2D eigenvalue weighted by Crippen LogP contribution is 2.35. The molecule has 1 fully saturated rings. The summed E-state index contributed by atoms with van der Waals surface area (Å²) < 4.78 is 0. The molecule has 1 aliphatic rings. The zero-order valence-corrected chi connectivity index (χ0v) is 11.8. The maximum atomic E-state index is 10.3. The minimum Gasteiger partial charge on any atom is -0.392 e. The standard InChI is InChI=1S/C14H23NOS/c1-9-4-10(2)6-12(5-9)13(16)7-14-15-11(3)8-17-14/h8-10,12-13,16H,4-7H2,1-3H3. The van der Waals surface area contributed by atoms with Crippen LogP contribution in [0.1, 0.15) is 43.8 Å². The largest absolute Gasteiger partial charge is 0.392 e. The number of nitrogens with zero attached hydrogens (tertiary/aromatic N) is 1. The molecule has 3 heteroatoms. The van der Waals surface area contributed by atoms with Crippen molar-refractivity contribution in [2.45, 2.75) is 52.6 Å². The van der Waals surface area contributed by atoms with E-state index in [1.54, 1.807) is 11.3 Å². The zero-order chi connectivity index (χ0) is 12.4. The summed E-state index contributed by atoms with van der Waals surface area (Å²) in [6.45, 7) is 6.63. The third-order valence-electron chi connectivity index (χ3n) is 3.81. The van der Waals surface area contributed by atoms with Gasteiger partial charge in [0, 0.05) is 17.5 Å². The van der Waals surface area contributed by atoms with Crippen LogP contribution in [0.25, 0.3) is 0 Å². The summed E-state index contributed by atoms with van der Waals surface area (Å²) >= 11 is 1.67. The molecule has 0 spiro atoms. The van der Waals surface area contributed by atoms with Crippen LogP contribution in [0, 0.1) is 24.7 Å². The molecule has 2 rings (SSSR count). The molecule has 1 saturated carbocycles. The van der Waals surface area contributed by atoms with E-state index in [1.165, 1.54) is 19.3 Å². The number of hydrogen-bond donors (Lipinski definition) is 1. The van der Waals surface area contributed by atoms with Crippen molar-refractivity contribution in [3.05, 3.63) is 16.1 Å². The van der Waals surface area contributed by atoms with Gasteiger partial charge in [-0.2, -0.15) is 0 Å². The summed E-state index contributed by atoms with van der Waals surface area (Å²) in [7, 11) is 0. The van der Waals surface area contributed by atoms with E-state index in [0.717, 1.165) is 29.0 Å². The monoisotopic (exact) mass is 253 g/mol. The van der Waals surface area contributed by atoms with Gasteiger partial charge in [-0.3, -0.25) is 0 Å². The molecule has 1 aliphatic carbocycles. The average molecular weight is 253 g/mol. The Kier molecular flexibility index (Phi) is 4.21. The van der Waals surface area contributed by atoms with E-state index < -0.39 is 0 Å². The van der Waals surface area contributed by atoms with Crippen molar-refractivity contribution in [2.75, 3.05) is 0 Å². The molecular formula is C14H23NOS.